The summed E-state index contributed by atoms with van der Waals surface area (Å²) in [6.07, 6.45) is 12.2. The van der Waals surface area contributed by atoms with E-state index in [1.54, 1.807) is 0 Å². The van der Waals surface area contributed by atoms with Crippen molar-refractivity contribution in [1.82, 2.24) is 4.90 Å². The summed E-state index contributed by atoms with van der Waals surface area (Å²) in [6.45, 7) is 11.0. The Morgan fingerprint density at radius 2 is 1.92 bits per heavy atom. The number of fused-ring (bicyclic) bond motifs is 1. The molecule has 4 heteroatoms. The van der Waals surface area contributed by atoms with E-state index in [4.69, 9.17) is 4.74 Å². The van der Waals surface area contributed by atoms with Gasteiger partial charge in [-0.25, -0.2) is 4.79 Å². The monoisotopic (exact) mass is 347 g/mol. The first kappa shape index (κ1) is 19.1. The van der Waals surface area contributed by atoms with E-state index in [0.717, 1.165) is 49.7 Å². The Balaban J connectivity index is 1.50. The van der Waals surface area contributed by atoms with E-state index in [-0.39, 0.29) is 11.7 Å². The minimum atomic E-state index is -0.389. The van der Waals surface area contributed by atoms with Crippen LogP contribution >= 0.6 is 0 Å². The van der Waals surface area contributed by atoms with Crippen molar-refractivity contribution < 1.29 is 9.53 Å². The van der Waals surface area contributed by atoms with E-state index < -0.39 is 0 Å². The van der Waals surface area contributed by atoms with E-state index in [0.29, 0.717) is 0 Å². The van der Waals surface area contributed by atoms with Gasteiger partial charge in [0, 0.05) is 13.1 Å². The third kappa shape index (κ3) is 4.55. The summed E-state index contributed by atoms with van der Waals surface area (Å²) >= 11 is 0. The fraction of sp³-hybridized carbons (Fsp3) is 0.952. The normalized spacial score (nSPS) is 32.8. The number of carbonyl (C=O) groups excluding carboxylic acids is 1. The van der Waals surface area contributed by atoms with Crippen LogP contribution < -0.4 is 0 Å². The maximum atomic E-state index is 12.4. The average Bonchev–Trinajstić information content (AvgIpc) is 2.80. The van der Waals surface area contributed by atoms with Gasteiger partial charge < -0.3 is 9.64 Å². The molecule has 4 atom stereocenters. The Kier molecular flexibility index (Phi) is 6.05. The Morgan fingerprint density at radius 3 is 2.64 bits per heavy atom. The van der Waals surface area contributed by atoms with E-state index in [1.165, 1.54) is 51.3 Å². The summed E-state index contributed by atoms with van der Waals surface area (Å²) in [4.78, 5) is 14.3. The molecule has 0 spiro atoms. The Bertz CT molecular complexity index is 461. The highest BCUT2D eigenvalue weighted by Gasteiger charge is 2.53. The van der Waals surface area contributed by atoms with Crippen LogP contribution in [0.25, 0.3) is 0 Å². The first-order valence-electron chi connectivity index (χ1n) is 10.9. The number of hydrogen-bond donors (Lipinski definition) is 0. The zero-order valence-electron chi connectivity index (χ0n) is 16.9. The van der Waals surface area contributed by atoms with E-state index >= 15 is 0 Å². The quantitative estimate of drug-likeness (QED) is 0.595. The minimum Gasteiger partial charge on any atom is -0.444 e. The van der Waals surface area contributed by atoms with Gasteiger partial charge in [-0.1, -0.05) is 57.0 Å². The van der Waals surface area contributed by atoms with Gasteiger partial charge in [-0.2, -0.15) is 0 Å². The predicted octanol–water partition coefficient (Wildman–Crippen LogP) is 5.87. The Labute approximate surface area is 155 Å². The third-order valence-corrected chi connectivity index (χ3v) is 7.00. The van der Waals surface area contributed by atoms with Crippen LogP contribution in [0.2, 0.25) is 18.0 Å². The zero-order valence-corrected chi connectivity index (χ0v) is 16.9. The van der Waals surface area contributed by atoms with Gasteiger partial charge in [0.2, 0.25) is 0 Å². The van der Waals surface area contributed by atoms with Crippen LogP contribution in [0.1, 0.15) is 79.1 Å². The van der Waals surface area contributed by atoms with Gasteiger partial charge in [-0.3, -0.25) is 0 Å². The smallest absolute Gasteiger partial charge is 0.410 e. The molecule has 0 aromatic heterocycles. The number of likely N-dealkylation sites (tertiary alicyclic amines) is 1. The molecule has 4 unspecified atom stereocenters. The highest BCUT2D eigenvalue weighted by Crippen LogP contribution is 2.61. The lowest BCUT2D eigenvalue weighted by Gasteiger charge is -2.49. The molecule has 142 valence electrons. The van der Waals surface area contributed by atoms with Crippen molar-refractivity contribution in [3.05, 3.63) is 0 Å². The summed E-state index contributed by atoms with van der Waals surface area (Å²) in [6, 6.07) is 0. The van der Waals surface area contributed by atoms with E-state index in [1.807, 2.05) is 25.7 Å². The number of ether oxygens (including phenoxy) is 1. The molecule has 1 amide bonds. The molecule has 3 fully saturated rings. The first-order chi connectivity index (χ1) is 11.9. The van der Waals surface area contributed by atoms with Crippen molar-refractivity contribution in [1.29, 1.82) is 0 Å². The highest BCUT2D eigenvalue weighted by atomic mass is 16.6. The van der Waals surface area contributed by atoms with Crippen LogP contribution in [0, 0.1) is 11.8 Å². The molecule has 0 radical (unpaired) electrons. The number of rotatable bonds is 4. The summed E-state index contributed by atoms with van der Waals surface area (Å²) in [5.74, 6) is 3.94. The topological polar surface area (TPSA) is 29.5 Å². The molecule has 0 N–H and O–H groups in total. The molecule has 0 bridgehead atoms. The standard InChI is InChI=1S/C21H38BNO2/c1-5-8-18-17-10-6-11-19(17)22(18)15-16-9-7-13-23(14-12-16)20(24)25-21(2,3)4/h16-19H,5-15H2,1-4H3. The Hall–Kier alpha value is -0.665. The average molecular weight is 347 g/mol. The molecule has 2 heterocycles. The second-order valence-corrected chi connectivity index (χ2v) is 9.88. The summed E-state index contributed by atoms with van der Waals surface area (Å²) in [5, 5.41) is 0. The highest BCUT2D eigenvalue weighted by molar-refractivity contribution is 6.65. The molecule has 1 aliphatic carbocycles. The number of nitrogens with zero attached hydrogens (tertiary/aromatic N) is 1. The molecule has 0 aromatic rings. The molecule has 3 rings (SSSR count). The van der Waals surface area contributed by atoms with Gasteiger partial charge in [-0.15, -0.1) is 0 Å². The van der Waals surface area contributed by atoms with Crippen LogP contribution in [-0.2, 0) is 4.74 Å². The van der Waals surface area contributed by atoms with Crippen LogP contribution in [0.4, 0.5) is 4.79 Å². The molecule has 0 aromatic carbocycles. The van der Waals surface area contributed by atoms with Gasteiger partial charge in [0.25, 0.3) is 0 Å². The van der Waals surface area contributed by atoms with Crippen molar-refractivity contribution in [2.45, 2.75) is 103 Å². The predicted molar refractivity (Wildman–Crippen MR) is 105 cm³/mol. The molecular formula is C21H38BNO2. The van der Waals surface area contributed by atoms with Gasteiger partial charge >= 0.3 is 6.09 Å². The molecular weight excluding hydrogens is 309 g/mol. The molecule has 25 heavy (non-hydrogen) atoms. The van der Waals surface area contributed by atoms with Gasteiger partial charge in [-0.05, 0) is 51.9 Å². The maximum Gasteiger partial charge on any atom is 0.410 e. The second kappa shape index (κ2) is 7.92. The lowest BCUT2D eigenvalue weighted by molar-refractivity contribution is 0.0255. The Morgan fingerprint density at radius 1 is 1.12 bits per heavy atom. The molecule has 1 saturated carbocycles. The van der Waals surface area contributed by atoms with Crippen molar-refractivity contribution >= 4 is 12.8 Å². The van der Waals surface area contributed by atoms with Gasteiger partial charge in [0.05, 0.1) is 0 Å². The molecule has 3 nitrogen and oxygen atoms in total. The lowest BCUT2D eigenvalue weighted by Crippen LogP contribution is -2.45. The minimum absolute atomic E-state index is 0.114. The van der Waals surface area contributed by atoms with E-state index in [2.05, 4.69) is 6.92 Å². The van der Waals surface area contributed by atoms with Crippen LogP contribution in [0.3, 0.4) is 0 Å². The summed E-state index contributed by atoms with van der Waals surface area (Å²) in [7, 11) is 0. The van der Waals surface area contributed by atoms with Crippen molar-refractivity contribution in [2.24, 2.45) is 11.8 Å². The molecule has 3 aliphatic rings. The summed E-state index contributed by atoms with van der Waals surface area (Å²) in [5.41, 5.74) is -0.389. The zero-order chi connectivity index (χ0) is 18.0. The van der Waals surface area contributed by atoms with Crippen molar-refractivity contribution in [3.8, 4) is 0 Å². The largest absolute Gasteiger partial charge is 0.444 e. The summed E-state index contributed by atoms with van der Waals surface area (Å²) < 4.78 is 5.57. The number of carbonyl (C=O) groups is 1. The number of hydrogen-bond acceptors (Lipinski definition) is 2. The number of amides is 1. The van der Waals surface area contributed by atoms with Crippen molar-refractivity contribution in [2.75, 3.05) is 13.1 Å². The van der Waals surface area contributed by atoms with Gasteiger partial charge in [0.15, 0.2) is 0 Å². The second-order valence-electron chi connectivity index (χ2n) is 9.88. The lowest BCUT2D eigenvalue weighted by atomic mass is 9.17. The fourth-order valence-electron chi connectivity index (χ4n) is 5.98. The molecule has 2 aliphatic heterocycles. The van der Waals surface area contributed by atoms with E-state index in [9.17, 15) is 4.79 Å². The third-order valence-electron chi connectivity index (χ3n) is 7.00. The van der Waals surface area contributed by atoms with Crippen LogP contribution in [0.5, 0.6) is 0 Å². The van der Waals surface area contributed by atoms with Crippen molar-refractivity contribution in [3.63, 3.8) is 0 Å². The maximum absolute atomic E-state index is 12.4. The molecule has 2 saturated heterocycles. The first-order valence-corrected chi connectivity index (χ1v) is 10.9. The SMILES string of the molecule is CCCC1B(CC2CCCN(C(=O)OC(C)(C)C)CC2)C2CCCC12. The van der Waals surface area contributed by atoms with Gasteiger partial charge in [0.1, 0.15) is 12.3 Å². The van der Waals surface area contributed by atoms with Crippen LogP contribution in [-0.4, -0.2) is 36.4 Å². The fourth-order valence-corrected chi connectivity index (χ4v) is 5.98. The van der Waals surface area contributed by atoms with Crippen LogP contribution in [0.15, 0.2) is 0 Å².